The predicted molar refractivity (Wildman–Crippen MR) is 135 cm³/mol. The van der Waals surface area contributed by atoms with E-state index in [1.54, 1.807) is 6.92 Å². The lowest BCUT2D eigenvalue weighted by Gasteiger charge is -2.15. The summed E-state index contributed by atoms with van der Waals surface area (Å²) in [5.74, 6) is 38.0. The summed E-state index contributed by atoms with van der Waals surface area (Å²) in [7, 11) is 0. The Balaban J connectivity index is -0.0000000190. The van der Waals surface area contributed by atoms with Crippen LogP contribution in [0.15, 0.2) is 4.99 Å². The molecular formula is C23H44N2O. The first-order valence-electron chi connectivity index (χ1n) is 7.50. The summed E-state index contributed by atoms with van der Waals surface area (Å²) < 4.78 is 0. The van der Waals surface area contributed by atoms with Crippen molar-refractivity contribution in [3.8, 4) is 95.2 Å². The fourth-order valence-electron chi connectivity index (χ4n) is 1.43. The molecule has 26 heavy (non-hydrogen) atoms. The van der Waals surface area contributed by atoms with Gasteiger partial charge in [-0.05, 0) is 96.7 Å². The zero-order valence-corrected chi connectivity index (χ0v) is 14.7. The zero-order chi connectivity index (χ0) is 19.3. The van der Waals surface area contributed by atoms with Crippen LogP contribution in [-0.2, 0) is 0 Å². The van der Waals surface area contributed by atoms with Crippen molar-refractivity contribution in [3.63, 3.8) is 0 Å². The van der Waals surface area contributed by atoms with Gasteiger partial charge in [-0.3, -0.25) is 4.99 Å². The van der Waals surface area contributed by atoms with E-state index in [4.69, 9.17) is 11.5 Å². The molecule has 1 rings (SSSR count). The molecule has 0 spiro atoms. The standard InChI is InChI=1S/C17H4.C6H12N2O.14H2/c1-3-5-7-9-11-13-15-17-16-14-12-10-8-6-4-2;1-6-7-2-3-8(6)4-5-9;;;;;;;;;;;;;;/h1H,2H3;9H,2-5H2,1H3;14*1H. The predicted octanol–water partition coefficient (Wildman–Crippen LogP) is 3.82. The largest absolute Gasteiger partial charge is 0.395 e. The number of rotatable bonds is 2. The zero-order valence-electron chi connectivity index (χ0n) is 14.7. The van der Waals surface area contributed by atoms with Crippen LogP contribution in [0, 0.1) is 95.2 Å². The second-order valence-corrected chi connectivity index (χ2v) is 4.16. The minimum absolute atomic E-state index is 0. The van der Waals surface area contributed by atoms with Gasteiger partial charge in [-0.1, -0.05) is 5.92 Å². The first-order valence-corrected chi connectivity index (χ1v) is 7.50. The second-order valence-electron chi connectivity index (χ2n) is 4.16. The van der Waals surface area contributed by atoms with Gasteiger partial charge >= 0.3 is 0 Å². The van der Waals surface area contributed by atoms with Crippen LogP contribution in [0.2, 0.25) is 0 Å². The highest BCUT2D eigenvalue weighted by atomic mass is 16.3. The van der Waals surface area contributed by atoms with E-state index >= 15 is 0 Å². The topological polar surface area (TPSA) is 35.8 Å². The van der Waals surface area contributed by atoms with Crippen LogP contribution < -0.4 is 0 Å². The first kappa shape index (κ1) is 21.9. The number of aliphatic hydroxyl groups is 1. The number of aliphatic imine (C=N–C) groups is 1. The molecule has 0 atom stereocenters. The lowest BCUT2D eigenvalue weighted by Crippen LogP contribution is -2.28. The highest BCUT2D eigenvalue weighted by molar-refractivity contribution is 5.81. The maximum absolute atomic E-state index is 8.55. The SMILES string of the molecule is C#CC#CC#CC#CC#CC#CC#CC#CC.CC1=NCCN1CCO.[HH].[HH].[HH].[HH].[HH].[HH].[HH].[HH].[HH].[HH].[HH].[HH].[HH].[HH]. The molecule has 0 aromatic carbocycles. The van der Waals surface area contributed by atoms with Crippen LogP contribution >= 0.6 is 0 Å². The fourth-order valence-corrected chi connectivity index (χ4v) is 1.43. The van der Waals surface area contributed by atoms with E-state index in [1.165, 1.54) is 0 Å². The van der Waals surface area contributed by atoms with Gasteiger partial charge < -0.3 is 10.0 Å². The molecule has 0 unspecified atom stereocenters. The van der Waals surface area contributed by atoms with Crippen molar-refractivity contribution in [1.29, 1.82) is 0 Å². The minimum Gasteiger partial charge on any atom is -0.395 e. The number of nitrogens with zero attached hydrogens (tertiary/aromatic N) is 2. The summed E-state index contributed by atoms with van der Waals surface area (Å²) in [4.78, 5) is 6.25. The van der Waals surface area contributed by atoms with Crippen molar-refractivity contribution in [2.75, 3.05) is 26.2 Å². The molecule has 0 fully saturated rings. The van der Waals surface area contributed by atoms with E-state index in [1.807, 2.05) is 6.92 Å². The van der Waals surface area contributed by atoms with E-state index in [0.29, 0.717) is 0 Å². The molecule has 3 heteroatoms. The Morgan fingerprint density at radius 1 is 0.923 bits per heavy atom. The molecule has 1 aliphatic heterocycles. The normalized spacial score (nSPS) is 8.85. The number of hydrogen-bond donors (Lipinski definition) is 1. The third kappa shape index (κ3) is 13.6. The molecule has 1 aliphatic rings. The number of aliphatic hydroxyl groups excluding tert-OH is 1. The summed E-state index contributed by atoms with van der Waals surface area (Å²) in [6, 6.07) is 0. The molecule has 152 valence electrons. The van der Waals surface area contributed by atoms with Gasteiger partial charge in [0.15, 0.2) is 0 Å². The first-order chi connectivity index (χ1) is 12.8. The van der Waals surface area contributed by atoms with Crippen molar-refractivity contribution in [2.24, 2.45) is 4.99 Å². The molecule has 1 N–H and O–H groups in total. The van der Waals surface area contributed by atoms with Crippen LogP contribution in [0.5, 0.6) is 0 Å². The Labute approximate surface area is 177 Å². The molecule has 1 heterocycles. The van der Waals surface area contributed by atoms with Crippen LogP contribution in [0.4, 0.5) is 0 Å². The Bertz CT molecular complexity index is 1010. The Morgan fingerprint density at radius 2 is 1.38 bits per heavy atom. The summed E-state index contributed by atoms with van der Waals surface area (Å²) in [6.45, 7) is 6.51. The van der Waals surface area contributed by atoms with Gasteiger partial charge in [-0.2, -0.15) is 0 Å². The maximum Gasteiger partial charge on any atom is 0.0959 e. The van der Waals surface area contributed by atoms with Gasteiger partial charge in [0.2, 0.25) is 0 Å². The smallest absolute Gasteiger partial charge is 0.0959 e. The molecule has 0 aliphatic carbocycles. The average molecular weight is 365 g/mol. The molecule has 0 aromatic rings. The van der Waals surface area contributed by atoms with Gasteiger partial charge in [0.05, 0.1) is 19.0 Å². The van der Waals surface area contributed by atoms with E-state index in [-0.39, 0.29) is 26.6 Å². The second kappa shape index (κ2) is 17.3. The van der Waals surface area contributed by atoms with Crippen molar-refractivity contribution < 1.29 is 25.1 Å². The van der Waals surface area contributed by atoms with Crippen LogP contribution in [0.1, 0.15) is 33.8 Å². The van der Waals surface area contributed by atoms with Crippen molar-refractivity contribution in [2.45, 2.75) is 13.8 Å². The Morgan fingerprint density at radius 3 is 1.73 bits per heavy atom. The van der Waals surface area contributed by atoms with Crippen LogP contribution in [0.25, 0.3) is 0 Å². The van der Waals surface area contributed by atoms with Crippen molar-refractivity contribution in [1.82, 2.24) is 4.90 Å². The molecule has 3 nitrogen and oxygen atoms in total. The van der Waals surface area contributed by atoms with Crippen molar-refractivity contribution >= 4 is 5.84 Å². The average Bonchev–Trinajstić information content (AvgIpc) is 3.05. The molecule has 0 saturated heterocycles. The Kier molecular flexibility index (Phi) is 14.6. The quantitative estimate of drug-likeness (QED) is 0.756. The van der Waals surface area contributed by atoms with E-state index in [2.05, 4.69) is 98.7 Å². The third-order valence-electron chi connectivity index (χ3n) is 2.49. The van der Waals surface area contributed by atoms with Gasteiger partial charge in [0, 0.05) is 33.1 Å². The molecular weight excluding hydrogens is 320 g/mol. The van der Waals surface area contributed by atoms with Gasteiger partial charge in [0.1, 0.15) is 0 Å². The maximum atomic E-state index is 8.55. The minimum atomic E-state index is 0. The Hall–Kier alpha value is -4.09. The number of β-amino-alcohol motifs (C(OH)–C–C–N with tert-alkyl or cyclic N) is 1. The number of hydrogen-bond acceptors (Lipinski definition) is 3. The van der Waals surface area contributed by atoms with E-state index in [9.17, 15) is 0 Å². The van der Waals surface area contributed by atoms with Gasteiger partial charge in [-0.15, -0.1) is 6.42 Å². The molecule has 0 bridgehead atoms. The third-order valence-corrected chi connectivity index (χ3v) is 2.49. The van der Waals surface area contributed by atoms with Gasteiger partial charge in [-0.25, -0.2) is 0 Å². The van der Waals surface area contributed by atoms with E-state index < -0.39 is 0 Å². The molecule has 0 radical (unpaired) electrons. The molecule has 0 saturated carbocycles. The van der Waals surface area contributed by atoms with Crippen LogP contribution in [0.3, 0.4) is 0 Å². The monoisotopic (exact) mass is 364 g/mol. The highest BCUT2D eigenvalue weighted by Crippen LogP contribution is 1.98. The van der Waals surface area contributed by atoms with Crippen molar-refractivity contribution in [3.05, 3.63) is 0 Å². The summed E-state index contributed by atoms with van der Waals surface area (Å²) >= 11 is 0. The van der Waals surface area contributed by atoms with Crippen LogP contribution in [-0.4, -0.2) is 42.1 Å². The fraction of sp³-hybridized carbons (Fsp3) is 0.261. The molecule has 0 amide bonds. The summed E-state index contributed by atoms with van der Waals surface area (Å²) in [5.41, 5.74) is 0. The highest BCUT2D eigenvalue weighted by Gasteiger charge is 2.09. The number of amidine groups is 1. The summed E-state index contributed by atoms with van der Waals surface area (Å²) in [5, 5.41) is 8.55. The summed E-state index contributed by atoms with van der Waals surface area (Å²) in [6.07, 6.45) is 4.88. The lowest BCUT2D eigenvalue weighted by molar-refractivity contribution is 0.256. The van der Waals surface area contributed by atoms with Gasteiger partial charge in [0.25, 0.3) is 0 Å². The lowest BCUT2D eigenvalue weighted by atomic mass is 10.5. The number of terminal acetylenes is 1. The van der Waals surface area contributed by atoms with E-state index in [0.717, 1.165) is 25.5 Å². The molecule has 0 aromatic heterocycles.